The van der Waals surface area contributed by atoms with E-state index >= 15 is 0 Å². The molecule has 1 amide bonds. The Labute approximate surface area is 156 Å². The van der Waals surface area contributed by atoms with Crippen LogP contribution in [-0.4, -0.2) is 45.1 Å². The number of carbonyl (C=O) groups excluding carboxylic acids is 1. The standard InChI is InChI=1S/C19H20N6O2/c1-13-9-16(27-24-13)10-18(26)22-15-5-8-25(12-15)19-21-7-4-17(23-19)14-3-2-6-20-11-14/h2-4,6-7,9,11,15H,5,8,10,12H2,1H3,(H,22,26). The summed E-state index contributed by atoms with van der Waals surface area (Å²) < 4.78 is 5.10. The quantitative estimate of drug-likeness (QED) is 0.737. The molecule has 1 aliphatic heterocycles. The Hall–Kier alpha value is -3.29. The molecule has 8 nitrogen and oxygen atoms in total. The highest BCUT2D eigenvalue weighted by atomic mass is 16.5. The lowest BCUT2D eigenvalue weighted by molar-refractivity contribution is -0.121. The topological polar surface area (TPSA) is 97.0 Å². The van der Waals surface area contributed by atoms with Gasteiger partial charge in [0.1, 0.15) is 5.76 Å². The first-order valence-electron chi connectivity index (χ1n) is 8.87. The maximum absolute atomic E-state index is 12.2. The van der Waals surface area contributed by atoms with Gasteiger partial charge in [-0.25, -0.2) is 9.97 Å². The predicted molar refractivity (Wildman–Crippen MR) is 99.0 cm³/mol. The van der Waals surface area contributed by atoms with E-state index in [-0.39, 0.29) is 18.4 Å². The van der Waals surface area contributed by atoms with Gasteiger partial charge in [-0.15, -0.1) is 0 Å². The molecule has 1 N–H and O–H groups in total. The van der Waals surface area contributed by atoms with E-state index < -0.39 is 0 Å². The van der Waals surface area contributed by atoms with Gasteiger partial charge in [-0.3, -0.25) is 9.78 Å². The van der Waals surface area contributed by atoms with Crippen molar-refractivity contribution in [3.8, 4) is 11.3 Å². The Bertz CT molecular complexity index is 927. The highest BCUT2D eigenvalue weighted by molar-refractivity contribution is 5.78. The molecule has 3 aromatic heterocycles. The van der Waals surface area contributed by atoms with E-state index in [0.717, 1.165) is 29.9 Å². The van der Waals surface area contributed by atoms with Crippen molar-refractivity contribution in [2.24, 2.45) is 0 Å². The van der Waals surface area contributed by atoms with Crippen LogP contribution in [0.2, 0.25) is 0 Å². The summed E-state index contributed by atoms with van der Waals surface area (Å²) in [4.78, 5) is 27.5. The van der Waals surface area contributed by atoms with Gasteiger partial charge in [0.25, 0.3) is 0 Å². The van der Waals surface area contributed by atoms with Crippen molar-refractivity contribution in [1.29, 1.82) is 0 Å². The number of nitrogens with one attached hydrogen (secondary N) is 1. The summed E-state index contributed by atoms with van der Waals surface area (Å²) in [7, 11) is 0. The van der Waals surface area contributed by atoms with Gasteiger partial charge in [-0.2, -0.15) is 0 Å². The second kappa shape index (κ2) is 7.53. The Kier molecular flexibility index (Phi) is 4.78. The monoisotopic (exact) mass is 364 g/mol. The Morgan fingerprint density at radius 1 is 1.37 bits per heavy atom. The first kappa shape index (κ1) is 17.1. The minimum absolute atomic E-state index is 0.0622. The summed E-state index contributed by atoms with van der Waals surface area (Å²) in [5.41, 5.74) is 2.56. The summed E-state index contributed by atoms with van der Waals surface area (Å²) in [6, 6.07) is 7.56. The van der Waals surface area contributed by atoms with Crippen molar-refractivity contribution < 1.29 is 9.32 Å². The van der Waals surface area contributed by atoms with Crippen molar-refractivity contribution >= 4 is 11.9 Å². The van der Waals surface area contributed by atoms with Gasteiger partial charge in [-0.05, 0) is 31.5 Å². The van der Waals surface area contributed by atoms with Crippen LogP contribution in [-0.2, 0) is 11.2 Å². The lowest BCUT2D eigenvalue weighted by Gasteiger charge is -2.17. The fourth-order valence-corrected chi connectivity index (χ4v) is 3.17. The molecule has 0 aliphatic carbocycles. The van der Waals surface area contributed by atoms with E-state index in [9.17, 15) is 4.79 Å². The highest BCUT2D eigenvalue weighted by Crippen LogP contribution is 2.21. The normalized spacial score (nSPS) is 16.5. The average Bonchev–Trinajstić information content (AvgIpc) is 3.31. The van der Waals surface area contributed by atoms with E-state index in [1.165, 1.54) is 0 Å². The van der Waals surface area contributed by atoms with Gasteiger partial charge in [-0.1, -0.05) is 5.16 Å². The molecule has 1 saturated heterocycles. The van der Waals surface area contributed by atoms with Crippen LogP contribution in [0, 0.1) is 6.92 Å². The number of nitrogens with zero attached hydrogens (tertiary/aromatic N) is 5. The molecule has 0 aromatic carbocycles. The van der Waals surface area contributed by atoms with Crippen molar-refractivity contribution in [1.82, 2.24) is 25.4 Å². The van der Waals surface area contributed by atoms with E-state index in [1.807, 2.05) is 25.1 Å². The minimum Gasteiger partial charge on any atom is -0.361 e. The summed E-state index contributed by atoms with van der Waals surface area (Å²) in [5, 5.41) is 6.85. The molecule has 3 aromatic rings. The van der Waals surface area contributed by atoms with E-state index in [0.29, 0.717) is 18.3 Å². The number of pyridine rings is 1. The second-order valence-electron chi connectivity index (χ2n) is 6.59. The van der Waals surface area contributed by atoms with Crippen LogP contribution in [0.15, 0.2) is 47.4 Å². The molecule has 8 heteroatoms. The molecule has 4 rings (SSSR count). The third kappa shape index (κ3) is 4.11. The number of carbonyl (C=O) groups is 1. The van der Waals surface area contributed by atoms with Crippen molar-refractivity contribution in [2.45, 2.75) is 25.8 Å². The molecule has 1 fully saturated rings. The largest absolute Gasteiger partial charge is 0.361 e. The van der Waals surface area contributed by atoms with Crippen molar-refractivity contribution in [3.63, 3.8) is 0 Å². The fraction of sp³-hybridized carbons (Fsp3) is 0.316. The van der Waals surface area contributed by atoms with Gasteiger partial charge in [0.15, 0.2) is 0 Å². The van der Waals surface area contributed by atoms with Gasteiger partial charge >= 0.3 is 0 Å². The average molecular weight is 364 g/mol. The van der Waals surface area contributed by atoms with Crippen LogP contribution in [0.3, 0.4) is 0 Å². The third-order valence-electron chi connectivity index (χ3n) is 4.45. The summed E-state index contributed by atoms with van der Waals surface area (Å²) in [6.45, 7) is 3.31. The van der Waals surface area contributed by atoms with Crippen LogP contribution in [0.4, 0.5) is 5.95 Å². The van der Waals surface area contributed by atoms with Crippen molar-refractivity contribution in [2.75, 3.05) is 18.0 Å². The predicted octanol–water partition coefficient (Wildman–Crippen LogP) is 1.77. The fourth-order valence-electron chi connectivity index (χ4n) is 3.17. The maximum atomic E-state index is 12.2. The lowest BCUT2D eigenvalue weighted by Crippen LogP contribution is -2.38. The van der Waals surface area contributed by atoms with E-state index in [4.69, 9.17) is 4.52 Å². The van der Waals surface area contributed by atoms with E-state index in [1.54, 1.807) is 24.7 Å². The highest BCUT2D eigenvalue weighted by Gasteiger charge is 2.26. The first-order chi connectivity index (χ1) is 13.2. The molecule has 1 aliphatic rings. The molecule has 1 atom stereocenters. The smallest absolute Gasteiger partial charge is 0.228 e. The molecule has 27 heavy (non-hydrogen) atoms. The summed E-state index contributed by atoms with van der Waals surface area (Å²) >= 11 is 0. The lowest BCUT2D eigenvalue weighted by atomic mass is 10.2. The Balaban J connectivity index is 1.37. The van der Waals surface area contributed by atoms with Crippen LogP contribution in [0.1, 0.15) is 17.9 Å². The van der Waals surface area contributed by atoms with Crippen LogP contribution in [0.25, 0.3) is 11.3 Å². The molecule has 4 heterocycles. The number of amides is 1. The van der Waals surface area contributed by atoms with Crippen LogP contribution < -0.4 is 10.2 Å². The van der Waals surface area contributed by atoms with Crippen LogP contribution in [0.5, 0.6) is 0 Å². The molecule has 138 valence electrons. The van der Waals surface area contributed by atoms with Gasteiger partial charge < -0.3 is 14.7 Å². The second-order valence-corrected chi connectivity index (χ2v) is 6.59. The maximum Gasteiger partial charge on any atom is 0.228 e. The summed E-state index contributed by atoms with van der Waals surface area (Å²) in [5.74, 6) is 1.18. The molecule has 1 unspecified atom stereocenters. The first-order valence-corrected chi connectivity index (χ1v) is 8.87. The molecule has 0 bridgehead atoms. The number of rotatable bonds is 5. The number of hydrogen-bond acceptors (Lipinski definition) is 7. The zero-order valence-corrected chi connectivity index (χ0v) is 15.0. The van der Waals surface area contributed by atoms with Gasteiger partial charge in [0, 0.05) is 49.4 Å². The molecular formula is C19H20N6O2. The van der Waals surface area contributed by atoms with Crippen molar-refractivity contribution in [3.05, 3.63) is 54.3 Å². The number of anilines is 1. The third-order valence-corrected chi connectivity index (χ3v) is 4.45. The zero-order chi connectivity index (χ0) is 18.6. The Morgan fingerprint density at radius 3 is 3.07 bits per heavy atom. The SMILES string of the molecule is Cc1cc(CC(=O)NC2CCN(c3nccc(-c4cccnc4)n3)C2)on1. The molecular weight excluding hydrogens is 344 g/mol. The van der Waals surface area contributed by atoms with Gasteiger partial charge in [0.05, 0.1) is 17.8 Å². The molecule has 0 saturated carbocycles. The Morgan fingerprint density at radius 2 is 2.30 bits per heavy atom. The number of aryl methyl sites for hydroxylation is 1. The van der Waals surface area contributed by atoms with E-state index in [2.05, 4.69) is 30.3 Å². The number of hydrogen-bond donors (Lipinski definition) is 1. The number of aromatic nitrogens is 4. The van der Waals surface area contributed by atoms with Crippen LogP contribution >= 0.6 is 0 Å². The zero-order valence-electron chi connectivity index (χ0n) is 15.0. The molecule has 0 spiro atoms. The summed E-state index contributed by atoms with van der Waals surface area (Å²) in [6.07, 6.45) is 6.32. The molecule has 0 radical (unpaired) electrons. The minimum atomic E-state index is -0.0666. The van der Waals surface area contributed by atoms with Gasteiger partial charge in [0.2, 0.25) is 11.9 Å².